The molecule has 0 saturated heterocycles. The second-order valence-corrected chi connectivity index (χ2v) is 7.94. The molecule has 0 spiro atoms. The van der Waals surface area contributed by atoms with E-state index in [9.17, 15) is 9.59 Å². The molecule has 0 radical (unpaired) electrons. The minimum atomic E-state index is -0.920. The summed E-state index contributed by atoms with van der Waals surface area (Å²) < 4.78 is 10.2. The largest absolute Gasteiger partial charge is 0.462 e. The Morgan fingerprint density at radius 3 is 1.55 bits per heavy atom. The Hall–Kier alpha value is -1.14. The standard InChI is InChI=1S/C23H44O6/c1-3-4-5-6-7-8-9-10-11-12-13-14-15-16-21(28-20(2)26)17-23(27)29-22(18-24)19-25/h21-22,24-25H,3-19H2,1-2H3. The fraction of sp³-hybridized carbons (Fsp3) is 0.913. The summed E-state index contributed by atoms with van der Waals surface area (Å²) in [6.07, 6.45) is 15.6. The maximum absolute atomic E-state index is 11.9. The van der Waals surface area contributed by atoms with Crippen molar-refractivity contribution >= 4 is 11.9 Å². The molecule has 0 fully saturated rings. The minimum Gasteiger partial charge on any atom is -0.462 e. The molecule has 29 heavy (non-hydrogen) atoms. The Morgan fingerprint density at radius 1 is 0.690 bits per heavy atom. The van der Waals surface area contributed by atoms with Gasteiger partial charge >= 0.3 is 11.9 Å². The number of esters is 2. The maximum Gasteiger partial charge on any atom is 0.309 e. The van der Waals surface area contributed by atoms with Gasteiger partial charge in [0.1, 0.15) is 12.2 Å². The molecule has 0 aliphatic rings. The fourth-order valence-corrected chi connectivity index (χ4v) is 3.38. The Balaban J connectivity index is 3.76. The molecule has 0 heterocycles. The third kappa shape index (κ3) is 18.6. The molecule has 6 nitrogen and oxygen atoms in total. The Bertz CT molecular complexity index is 395. The first-order valence-corrected chi connectivity index (χ1v) is 11.6. The van der Waals surface area contributed by atoms with Gasteiger partial charge in [0.25, 0.3) is 0 Å². The highest BCUT2D eigenvalue weighted by molar-refractivity contribution is 5.71. The zero-order chi connectivity index (χ0) is 21.7. The second-order valence-electron chi connectivity index (χ2n) is 7.94. The summed E-state index contributed by atoms with van der Waals surface area (Å²) in [4.78, 5) is 23.1. The van der Waals surface area contributed by atoms with E-state index in [2.05, 4.69) is 6.92 Å². The van der Waals surface area contributed by atoms with Crippen LogP contribution in [0.5, 0.6) is 0 Å². The first-order valence-electron chi connectivity index (χ1n) is 11.6. The van der Waals surface area contributed by atoms with E-state index in [1.807, 2.05) is 0 Å². The van der Waals surface area contributed by atoms with Gasteiger partial charge in [0.2, 0.25) is 0 Å². The Morgan fingerprint density at radius 2 is 1.14 bits per heavy atom. The van der Waals surface area contributed by atoms with Crippen LogP contribution < -0.4 is 0 Å². The van der Waals surface area contributed by atoms with Gasteiger partial charge < -0.3 is 19.7 Å². The van der Waals surface area contributed by atoms with Crippen molar-refractivity contribution in [3.8, 4) is 0 Å². The van der Waals surface area contributed by atoms with Crippen LogP contribution in [0.25, 0.3) is 0 Å². The third-order valence-corrected chi connectivity index (χ3v) is 5.06. The van der Waals surface area contributed by atoms with Crippen LogP contribution in [0.2, 0.25) is 0 Å². The highest BCUT2D eigenvalue weighted by Crippen LogP contribution is 2.16. The maximum atomic E-state index is 11.9. The van der Waals surface area contributed by atoms with E-state index in [4.69, 9.17) is 19.7 Å². The van der Waals surface area contributed by atoms with Gasteiger partial charge in [-0.25, -0.2) is 0 Å². The molecular formula is C23H44O6. The second kappa shape index (κ2) is 20.1. The van der Waals surface area contributed by atoms with Gasteiger partial charge in [-0.2, -0.15) is 0 Å². The topological polar surface area (TPSA) is 93.1 Å². The summed E-state index contributed by atoms with van der Waals surface area (Å²) in [5.74, 6) is -0.989. The lowest BCUT2D eigenvalue weighted by molar-refractivity contribution is -0.160. The van der Waals surface area contributed by atoms with Crippen LogP contribution in [0.3, 0.4) is 0 Å². The predicted molar refractivity (Wildman–Crippen MR) is 115 cm³/mol. The van der Waals surface area contributed by atoms with Crippen LogP contribution >= 0.6 is 0 Å². The molecule has 0 amide bonds. The number of aliphatic hydroxyl groups excluding tert-OH is 2. The molecule has 1 unspecified atom stereocenters. The first kappa shape index (κ1) is 27.9. The normalized spacial score (nSPS) is 12.2. The average molecular weight is 417 g/mol. The van der Waals surface area contributed by atoms with Gasteiger partial charge in [-0.15, -0.1) is 0 Å². The fourth-order valence-electron chi connectivity index (χ4n) is 3.38. The molecule has 0 rings (SSSR count). The van der Waals surface area contributed by atoms with Crippen LogP contribution in [0.15, 0.2) is 0 Å². The molecular weight excluding hydrogens is 372 g/mol. The average Bonchev–Trinajstić information content (AvgIpc) is 2.69. The van der Waals surface area contributed by atoms with E-state index in [0.717, 1.165) is 19.3 Å². The summed E-state index contributed by atoms with van der Waals surface area (Å²) >= 11 is 0. The monoisotopic (exact) mass is 416 g/mol. The van der Waals surface area contributed by atoms with Crippen molar-refractivity contribution in [3.05, 3.63) is 0 Å². The van der Waals surface area contributed by atoms with Crippen molar-refractivity contribution in [1.82, 2.24) is 0 Å². The lowest BCUT2D eigenvalue weighted by atomic mass is 10.0. The summed E-state index contributed by atoms with van der Waals surface area (Å²) in [7, 11) is 0. The van der Waals surface area contributed by atoms with Crippen LogP contribution in [0.4, 0.5) is 0 Å². The van der Waals surface area contributed by atoms with Gasteiger partial charge in [-0.3, -0.25) is 9.59 Å². The number of hydrogen-bond donors (Lipinski definition) is 2. The third-order valence-electron chi connectivity index (χ3n) is 5.06. The number of ether oxygens (including phenoxy) is 2. The van der Waals surface area contributed by atoms with Crippen molar-refractivity contribution in [2.24, 2.45) is 0 Å². The van der Waals surface area contributed by atoms with Gasteiger partial charge in [-0.05, 0) is 12.8 Å². The zero-order valence-corrected chi connectivity index (χ0v) is 18.7. The van der Waals surface area contributed by atoms with Crippen molar-refractivity contribution in [2.75, 3.05) is 13.2 Å². The van der Waals surface area contributed by atoms with E-state index in [1.54, 1.807) is 0 Å². The van der Waals surface area contributed by atoms with Crippen LogP contribution in [0, 0.1) is 0 Å². The summed E-state index contributed by atoms with van der Waals surface area (Å²) in [5, 5.41) is 17.9. The van der Waals surface area contributed by atoms with Crippen LogP contribution in [-0.2, 0) is 19.1 Å². The Kier molecular flexibility index (Phi) is 19.4. The number of carbonyl (C=O) groups is 2. The summed E-state index contributed by atoms with van der Waals surface area (Å²) in [6.45, 7) is 2.71. The molecule has 6 heteroatoms. The smallest absolute Gasteiger partial charge is 0.309 e. The minimum absolute atomic E-state index is 0.0473. The lowest BCUT2D eigenvalue weighted by Gasteiger charge is -2.18. The predicted octanol–water partition coefficient (Wildman–Crippen LogP) is 4.69. The lowest BCUT2D eigenvalue weighted by Crippen LogP contribution is -2.29. The number of aliphatic hydroxyl groups is 2. The van der Waals surface area contributed by atoms with Crippen molar-refractivity contribution in [3.63, 3.8) is 0 Å². The molecule has 0 aromatic carbocycles. The number of unbranched alkanes of at least 4 members (excludes halogenated alkanes) is 12. The van der Waals surface area contributed by atoms with Gasteiger partial charge in [0, 0.05) is 6.92 Å². The quantitative estimate of drug-likeness (QED) is 0.221. The molecule has 0 aliphatic heterocycles. The van der Waals surface area contributed by atoms with Crippen LogP contribution in [-0.4, -0.2) is 47.6 Å². The van der Waals surface area contributed by atoms with Crippen molar-refractivity contribution in [1.29, 1.82) is 0 Å². The number of rotatable bonds is 20. The number of hydrogen-bond acceptors (Lipinski definition) is 6. The van der Waals surface area contributed by atoms with E-state index in [0.29, 0.717) is 6.42 Å². The van der Waals surface area contributed by atoms with Crippen molar-refractivity contribution < 1.29 is 29.3 Å². The highest BCUT2D eigenvalue weighted by atomic mass is 16.6. The molecule has 0 aromatic rings. The molecule has 0 aliphatic carbocycles. The molecule has 0 aromatic heterocycles. The van der Waals surface area contributed by atoms with Gasteiger partial charge in [0.15, 0.2) is 0 Å². The highest BCUT2D eigenvalue weighted by Gasteiger charge is 2.20. The Labute approximate surface area is 177 Å². The zero-order valence-electron chi connectivity index (χ0n) is 18.7. The SMILES string of the molecule is CCCCCCCCCCCCCCCC(CC(=O)OC(CO)CO)OC(C)=O. The van der Waals surface area contributed by atoms with E-state index in [1.165, 1.54) is 71.1 Å². The van der Waals surface area contributed by atoms with E-state index >= 15 is 0 Å². The van der Waals surface area contributed by atoms with Gasteiger partial charge in [-0.1, -0.05) is 84.0 Å². The summed E-state index contributed by atoms with van der Waals surface area (Å²) in [5.41, 5.74) is 0. The number of carbonyl (C=O) groups excluding carboxylic acids is 2. The van der Waals surface area contributed by atoms with E-state index < -0.39 is 37.4 Å². The van der Waals surface area contributed by atoms with Gasteiger partial charge in [0.05, 0.1) is 19.6 Å². The van der Waals surface area contributed by atoms with Crippen LogP contribution in [0.1, 0.15) is 110 Å². The summed E-state index contributed by atoms with van der Waals surface area (Å²) in [6, 6.07) is 0. The first-order chi connectivity index (χ1) is 14.0. The molecule has 0 bridgehead atoms. The molecule has 172 valence electrons. The molecule has 2 N–H and O–H groups in total. The molecule has 1 atom stereocenters. The van der Waals surface area contributed by atoms with Crippen molar-refractivity contribution in [2.45, 2.75) is 122 Å². The molecule has 0 saturated carbocycles. The van der Waals surface area contributed by atoms with E-state index in [-0.39, 0.29) is 6.42 Å².